The summed E-state index contributed by atoms with van der Waals surface area (Å²) in [5.74, 6) is -0.702. The van der Waals surface area contributed by atoms with E-state index in [4.69, 9.17) is 0 Å². The second-order valence-electron chi connectivity index (χ2n) is 4.00. The molecular formula is C10H17F3N2O3. The highest BCUT2D eigenvalue weighted by Crippen LogP contribution is 2.15. The third-order valence-corrected chi connectivity index (χ3v) is 2.22. The lowest BCUT2D eigenvalue weighted by Crippen LogP contribution is -2.56. The fraction of sp³-hybridized carbons (Fsp3) is 0.800. The van der Waals surface area contributed by atoms with Crippen molar-refractivity contribution in [3.63, 3.8) is 0 Å². The zero-order valence-corrected chi connectivity index (χ0v) is 10.5. The molecule has 0 aromatic carbocycles. The summed E-state index contributed by atoms with van der Waals surface area (Å²) in [6.07, 6.45) is -3.67. The first-order chi connectivity index (χ1) is 8.14. The molecule has 0 heterocycles. The molecule has 1 atom stereocenters. The second kappa shape index (κ2) is 6.46. The van der Waals surface area contributed by atoms with E-state index in [0.717, 1.165) is 7.11 Å². The van der Waals surface area contributed by atoms with Crippen molar-refractivity contribution in [3.05, 3.63) is 0 Å². The fourth-order valence-corrected chi connectivity index (χ4v) is 1.42. The van der Waals surface area contributed by atoms with Gasteiger partial charge in [0.25, 0.3) is 0 Å². The van der Waals surface area contributed by atoms with E-state index < -0.39 is 30.3 Å². The van der Waals surface area contributed by atoms with E-state index in [1.165, 1.54) is 6.92 Å². The Bertz CT molecular complexity index is 307. The van der Waals surface area contributed by atoms with E-state index in [9.17, 15) is 22.8 Å². The van der Waals surface area contributed by atoms with Gasteiger partial charge in [0.15, 0.2) is 0 Å². The molecule has 18 heavy (non-hydrogen) atoms. The van der Waals surface area contributed by atoms with E-state index in [1.807, 2.05) is 0 Å². The predicted octanol–water partition coefficient (Wildman–Crippen LogP) is 1.58. The molecule has 0 saturated heterocycles. The topological polar surface area (TPSA) is 67.4 Å². The van der Waals surface area contributed by atoms with Crippen molar-refractivity contribution < 1.29 is 27.5 Å². The molecule has 0 spiro atoms. The number of esters is 1. The third-order valence-electron chi connectivity index (χ3n) is 2.22. The molecule has 5 nitrogen and oxygen atoms in total. The highest BCUT2D eigenvalue weighted by Gasteiger charge is 2.36. The standard InChI is InChI=1S/C10H17F3N2O3/c1-4-5-9(2,7(16)18-3)15-8(17)14-6-10(11,12)13/h4-6H2,1-3H3,(H2,14,15,17). The van der Waals surface area contributed by atoms with Crippen molar-refractivity contribution in [2.75, 3.05) is 13.7 Å². The van der Waals surface area contributed by atoms with Crippen LogP contribution in [0.15, 0.2) is 0 Å². The molecule has 0 aromatic rings. The summed E-state index contributed by atoms with van der Waals surface area (Å²) < 4.78 is 40.2. The summed E-state index contributed by atoms with van der Waals surface area (Å²) in [4.78, 5) is 22.7. The van der Waals surface area contributed by atoms with Gasteiger partial charge in [0.05, 0.1) is 7.11 Å². The van der Waals surface area contributed by atoms with E-state index in [2.05, 4.69) is 10.1 Å². The molecule has 8 heteroatoms. The van der Waals surface area contributed by atoms with Crippen LogP contribution in [0.25, 0.3) is 0 Å². The molecule has 0 bridgehead atoms. The second-order valence-corrected chi connectivity index (χ2v) is 4.00. The molecule has 0 aliphatic carbocycles. The Morgan fingerprint density at radius 1 is 1.28 bits per heavy atom. The van der Waals surface area contributed by atoms with Crippen LogP contribution in [0, 0.1) is 0 Å². The van der Waals surface area contributed by atoms with Crippen LogP contribution in [0.3, 0.4) is 0 Å². The van der Waals surface area contributed by atoms with Crippen LogP contribution < -0.4 is 10.6 Å². The summed E-state index contributed by atoms with van der Waals surface area (Å²) in [7, 11) is 1.14. The fourth-order valence-electron chi connectivity index (χ4n) is 1.42. The molecule has 0 aliphatic rings. The van der Waals surface area contributed by atoms with Crippen LogP contribution in [-0.2, 0) is 9.53 Å². The smallest absolute Gasteiger partial charge is 0.405 e. The minimum absolute atomic E-state index is 0.263. The lowest BCUT2D eigenvalue weighted by atomic mass is 9.96. The SMILES string of the molecule is CCCC(C)(NC(=O)NCC(F)(F)F)C(=O)OC. The maximum Gasteiger partial charge on any atom is 0.405 e. The van der Waals surface area contributed by atoms with Crippen molar-refractivity contribution in [2.24, 2.45) is 0 Å². The van der Waals surface area contributed by atoms with Gasteiger partial charge in [-0.2, -0.15) is 13.2 Å². The molecule has 0 rings (SSSR count). The maximum atomic E-state index is 11.9. The normalized spacial score (nSPS) is 14.6. The highest BCUT2D eigenvalue weighted by molar-refractivity contribution is 5.86. The summed E-state index contributed by atoms with van der Waals surface area (Å²) in [6, 6.07) is -1.06. The van der Waals surface area contributed by atoms with E-state index in [-0.39, 0.29) is 6.42 Å². The Labute approximate surface area is 103 Å². The van der Waals surface area contributed by atoms with Crippen molar-refractivity contribution in [1.82, 2.24) is 10.6 Å². The zero-order valence-electron chi connectivity index (χ0n) is 10.5. The van der Waals surface area contributed by atoms with Crippen molar-refractivity contribution >= 4 is 12.0 Å². The Hall–Kier alpha value is -1.47. The number of hydrogen-bond donors (Lipinski definition) is 2. The first-order valence-corrected chi connectivity index (χ1v) is 5.36. The van der Waals surface area contributed by atoms with Gasteiger partial charge in [0.1, 0.15) is 12.1 Å². The monoisotopic (exact) mass is 270 g/mol. The summed E-state index contributed by atoms with van der Waals surface area (Å²) in [5, 5.41) is 3.83. The van der Waals surface area contributed by atoms with E-state index in [0.29, 0.717) is 6.42 Å². The Balaban J connectivity index is 4.50. The number of rotatable bonds is 5. The molecule has 0 fully saturated rings. The summed E-state index contributed by atoms with van der Waals surface area (Å²) in [5.41, 5.74) is -1.33. The average molecular weight is 270 g/mol. The number of methoxy groups -OCH3 is 1. The molecule has 0 aromatic heterocycles. The number of hydrogen-bond acceptors (Lipinski definition) is 3. The van der Waals surface area contributed by atoms with Gasteiger partial charge >= 0.3 is 18.2 Å². The summed E-state index contributed by atoms with van der Waals surface area (Å²) in [6.45, 7) is 1.72. The molecular weight excluding hydrogens is 253 g/mol. The lowest BCUT2D eigenvalue weighted by Gasteiger charge is -2.27. The van der Waals surface area contributed by atoms with Gasteiger partial charge in [-0.3, -0.25) is 0 Å². The molecule has 0 saturated carbocycles. The van der Waals surface area contributed by atoms with Gasteiger partial charge in [-0.15, -0.1) is 0 Å². The number of carbonyl (C=O) groups excluding carboxylic acids is 2. The zero-order chi connectivity index (χ0) is 14.4. The number of ether oxygens (including phenoxy) is 1. The number of amides is 2. The molecule has 0 radical (unpaired) electrons. The molecule has 2 N–H and O–H groups in total. The number of halogens is 3. The molecule has 0 aliphatic heterocycles. The minimum Gasteiger partial charge on any atom is -0.467 e. The van der Waals surface area contributed by atoms with Crippen LogP contribution in [-0.4, -0.2) is 37.4 Å². The molecule has 2 amide bonds. The van der Waals surface area contributed by atoms with Gasteiger partial charge < -0.3 is 15.4 Å². The quantitative estimate of drug-likeness (QED) is 0.745. The summed E-state index contributed by atoms with van der Waals surface area (Å²) >= 11 is 0. The predicted molar refractivity (Wildman–Crippen MR) is 57.9 cm³/mol. The van der Waals surface area contributed by atoms with Gasteiger partial charge in [-0.25, -0.2) is 9.59 Å². The van der Waals surface area contributed by atoms with Gasteiger partial charge in [0, 0.05) is 0 Å². The van der Waals surface area contributed by atoms with Crippen LogP contribution in [0.4, 0.5) is 18.0 Å². The average Bonchev–Trinajstić information content (AvgIpc) is 2.24. The number of urea groups is 1. The molecule has 106 valence electrons. The van der Waals surface area contributed by atoms with Crippen molar-refractivity contribution in [2.45, 2.75) is 38.4 Å². The van der Waals surface area contributed by atoms with E-state index >= 15 is 0 Å². The Kier molecular flexibility index (Phi) is 5.93. The highest BCUT2D eigenvalue weighted by atomic mass is 19.4. The third kappa shape index (κ3) is 5.74. The van der Waals surface area contributed by atoms with E-state index in [1.54, 1.807) is 12.2 Å². The van der Waals surface area contributed by atoms with Crippen LogP contribution in [0.5, 0.6) is 0 Å². The van der Waals surface area contributed by atoms with Crippen molar-refractivity contribution in [1.29, 1.82) is 0 Å². The van der Waals surface area contributed by atoms with Crippen LogP contribution in [0.2, 0.25) is 0 Å². The number of alkyl halides is 3. The largest absolute Gasteiger partial charge is 0.467 e. The Morgan fingerprint density at radius 3 is 2.22 bits per heavy atom. The maximum absolute atomic E-state index is 11.9. The van der Waals surface area contributed by atoms with Crippen LogP contribution in [0.1, 0.15) is 26.7 Å². The van der Waals surface area contributed by atoms with Gasteiger partial charge in [-0.05, 0) is 13.3 Å². The minimum atomic E-state index is -4.50. The molecule has 1 unspecified atom stereocenters. The van der Waals surface area contributed by atoms with Gasteiger partial charge in [0.2, 0.25) is 0 Å². The number of nitrogens with one attached hydrogen (secondary N) is 2. The Morgan fingerprint density at radius 2 is 1.83 bits per heavy atom. The first-order valence-electron chi connectivity index (χ1n) is 5.36. The van der Waals surface area contributed by atoms with Crippen LogP contribution >= 0.6 is 0 Å². The first kappa shape index (κ1) is 16.5. The lowest BCUT2D eigenvalue weighted by molar-refractivity contribution is -0.147. The van der Waals surface area contributed by atoms with Gasteiger partial charge in [-0.1, -0.05) is 13.3 Å². The van der Waals surface area contributed by atoms with Crippen molar-refractivity contribution in [3.8, 4) is 0 Å². The number of carbonyl (C=O) groups is 2.